The average molecular weight is 521 g/mol. The molecular formula is C30H40N4O4. The maximum absolute atomic E-state index is 13.8. The number of hydrogen-bond acceptors (Lipinski definition) is 6. The average Bonchev–Trinajstić information content (AvgIpc) is 3.59. The molecule has 2 aromatic rings. The highest BCUT2D eigenvalue weighted by molar-refractivity contribution is 5.88. The van der Waals surface area contributed by atoms with E-state index in [0.717, 1.165) is 43.1 Å². The maximum Gasteiger partial charge on any atom is 0.245 e. The van der Waals surface area contributed by atoms with E-state index in [1.54, 1.807) is 7.11 Å². The van der Waals surface area contributed by atoms with Crippen molar-refractivity contribution < 1.29 is 19.1 Å². The molecular weight excluding hydrogens is 480 g/mol. The first-order chi connectivity index (χ1) is 18.5. The first kappa shape index (κ1) is 26.7. The van der Waals surface area contributed by atoms with Crippen molar-refractivity contribution in [2.75, 3.05) is 40.0 Å². The van der Waals surface area contributed by atoms with Crippen molar-refractivity contribution in [3.8, 4) is 5.75 Å². The lowest BCUT2D eigenvalue weighted by Crippen LogP contribution is -2.66. The Kier molecular flexibility index (Phi) is 8.31. The predicted octanol–water partition coefficient (Wildman–Crippen LogP) is 2.49. The highest BCUT2D eigenvalue weighted by atomic mass is 16.5. The number of carbonyl (C=O) groups excluding carboxylic acids is 2. The van der Waals surface area contributed by atoms with Gasteiger partial charge in [-0.25, -0.2) is 0 Å². The van der Waals surface area contributed by atoms with Gasteiger partial charge in [-0.3, -0.25) is 9.59 Å². The van der Waals surface area contributed by atoms with Crippen LogP contribution in [-0.2, 0) is 26.3 Å². The highest BCUT2D eigenvalue weighted by Gasteiger charge is 2.50. The lowest BCUT2D eigenvalue weighted by molar-refractivity contribution is -0.176. The summed E-state index contributed by atoms with van der Waals surface area (Å²) in [6.07, 6.45) is 3.97. The fourth-order valence-corrected chi connectivity index (χ4v) is 5.44. The maximum atomic E-state index is 13.8. The zero-order chi connectivity index (χ0) is 26.5. The van der Waals surface area contributed by atoms with E-state index in [1.807, 2.05) is 41.3 Å². The molecule has 0 aromatic heterocycles. The SMILES string of the molecule is COc1ccc(C[C@@H](NC(=O)CCC2CNCN2)C(=O)N2CC(OCC3CC3)(c3ccccc3C)C2)cc1. The van der Waals surface area contributed by atoms with Crippen LogP contribution in [0.3, 0.4) is 0 Å². The number of rotatable bonds is 12. The molecule has 38 heavy (non-hydrogen) atoms. The van der Waals surface area contributed by atoms with E-state index in [-0.39, 0.29) is 17.9 Å². The van der Waals surface area contributed by atoms with Crippen LogP contribution < -0.4 is 20.7 Å². The first-order valence-corrected chi connectivity index (χ1v) is 13.8. The predicted molar refractivity (Wildman–Crippen MR) is 146 cm³/mol. The van der Waals surface area contributed by atoms with Gasteiger partial charge in [0.05, 0.1) is 26.8 Å². The number of carbonyl (C=O) groups is 2. The normalized spacial score (nSPS) is 21.0. The number of nitrogens with one attached hydrogen (secondary N) is 3. The molecule has 1 unspecified atom stereocenters. The van der Waals surface area contributed by atoms with Gasteiger partial charge in [0.25, 0.3) is 0 Å². The number of hydrogen-bond donors (Lipinski definition) is 3. The van der Waals surface area contributed by atoms with Crippen molar-refractivity contribution in [2.45, 2.75) is 56.7 Å². The van der Waals surface area contributed by atoms with Crippen molar-refractivity contribution >= 4 is 11.8 Å². The summed E-state index contributed by atoms with van der Waals surface area (Å²) in [5.74, 6) is 1.24. The van der Waals surface area contributed by atoms with Crippen LogP contribution in [0.5, 0.6) is 5.75 Å². The van der Waals surface area contributed by atoms with Crippen LogP contribution >= 0.6 is 0 Å². The van der Waals surface area contributed by atoms with Gasteiger partial charge in [-0.2, -0.15) is 0 Å². The van der Waals surface area contributed by atoms with Crippen molar-refractivity contribution in [3.63, 3.8) is 0 Å². The Morgan fingerprint density at radius 1 is 1.13 bits per heavy atom. The van der Waals surface area contributed by atoms with Crippen LogP contribution in [0.2, 0.25) is 0 Å². The third-order valence-corrected chi connectivity index (χ3v) is 7.99. The van der Waals surface area contributed by atoms with E-state index < -0.39 is 11.6 Å². The number of benzene rings is 2. The van der Waals surface area contributed by atoms with Crippen LogP contribution in [0, 0.1) is 12.8 Å². The number of nitrogens with zero attached hydrogens (tertiary/aromatic N) is 1. The molecule has 5 rings (SSSR count). The Bertz CT molecular complexity index is 1110. The third kappa shape index (κ3) is 6.37. The Balaban J connectivity index is 1.28. The minimum atomic E-state index is -0.635. The van der Waals surface area contributed by atoms with Gasteiger partial charge < -0.3 is 30.3 Å². The molecule has 2 amide bonds. The van der Waals surface area contributed by atoms with E-state index in [2.05, 4.69) is 35.0 Å². The molecule has 8 nitrogen and oxygen atoms in total. The second-order valence-electron chi connectivity index (χ2n) is 11.0. The van der Waals surface area contributed by atoms with Crippen LogP contribution in [0.15, 0.2) is 48.5 Å². The van der Waals surface area contributed by atoms with Gasteiger partial charge in [0, 0.05) is 32.1 Å². The molecule has 2 aromatic carbocycles. The van der Waals surface area contributed by atoms with Crippen molar-refractivity contribution in [1.82, 2.24) is 20.9 Å². The molecule has 2 heterocycles. The Hall–Kier alpha value is -2.94. The summed E-state index contributed by atoms with van der Waals surface area (Å²) in [5, 5.41) is 9.64. The fraction of sp³-hybridized carbons (Fsp3) is 0.533. The smallest absolute Gasteiger partial charge is 0.245 e. The van der Waals surface area contributed by atoms with Gasteiger partial charge >= 0.3 is 0 Å². The van der Waals surface area contributed by atoms with Crippen molar-refractivity contribution in [2.24, 2.45) is 5.92 Å². The minimum absolute atomic E-state index is 0.0611. The molecule has 1 saturated carbocycles. The van der Waals surface area contributed by atoms with E-state index in [0.29, 0.717) is 31.8 Å². The zero-order valence-electron chi connectivity index (χ0n) is 22.5. The van der Waals surface area contributed by atoms with Gasteiger partial charge in [0.2, 0.25) is 11.8 Å². The summed E-state index contributed by atoms with van der Waals surface area (Å²) in [7, 11) is 1.63. The van der Waals surface area contributed by atoms with Crippen molar-refractivity contribution in [1.29, 1.82) is 0 Å². The molecule has 2 aliphatic heterocycles. The summed E-state index contributed by atoms with van der Waals surface area (Å²) in [6, 6.07) is 15.6. The van der Waals surface area contributed by atoms with Crippen LogP contribution in [-0.4, -0.2) is 68.8 Å². The van der Waals surface area contributed by atoms with Gasteiger partial charge in [-0.1, -0.05) is 36.4 Å². The molecule has 204 valence electrons. The third-order valence-electron chi connectivity index (χ3n) is 7.99. The molecule has 0 bridgehead atoms. The van der Waals surface area contributed by atoms with Crippen LogP contribution in [0.1, 0.15) is 42.4 Å². The lowest BCUT2D eigenvalue weighted by atomic mass is 9.82. The number of amides is 2. The molecule has 0 radical (unpaired) electrons. The summed E-state index contributed by atoms with van der Waals surface area (Å²) in [6.45, 7) is 5.45. The monoisotopic (exact) mass is 520 g/mol. The molecule has 3 aliphatic rings. The lowest BCUT2D eigenvalue weighted by Gasteiger charge is -2.51. The molecule has 3 N–H and O–H groups in total. The quantitative estimate of drug-likeness (QED) is 0.398. The number of aryl methyl sites for hydroxylation is 1. The molecule has 2 atom stereocenters. The van der Waals surface area contributed by atoms with Gasteiger partial charge in [0.15, 0.2) is 0 Å². The van der Waals surface area contributed by atoms with E-state index in [9.17, 15) is 9.59 Å². The minimum Gasteiger partial charge on any atom is -0.497 e. The molecule has 0 spiro atoms. The van der Waals surface area contributed by atoms with E-state index >= 15 is 0 Å². The topological polar surface area (TPSA) is 91.9 Å². The van der Waals surface area contributed by atoms with Gasteiger partial charge in [-0.15, -0.1) is 0 Å². The second kappa shape index (κ2) is 11.8. The first-order valence-electron chi connectivity index (χ1n) is 13.8. The molecule has 3 fully saturated rings. The van der Waals surface area contributed by atoms with Crippen molar-refractivity contribution in [3.05, 3.63) is 65.2 Å². The summed E-state index contributed by atoms with van der Waals surface area (Å²) < 4.78 is 11.8. The zero-order valence-corrected chi connectivity index (χ0v) is 22.5. The Morgan fingerprint density at radius 3 is 2.55 bits per heavy atom. The van der Waals surface area contributed by atoms with Crippen LogP contribution in [0.25, 0.3) is 0 Å². The van der Waals surface area contributed by atoms with Crippen LogP contribution in [0.4, 0.5) is 0 Å². The molecule has 8 heteroatoms. The fourth-order valence-electron chi connectivity index (χ4n) is 5.44. The highest BCUT2D eigenvalue weighted by Crippen LogP contribution is 2.40. The van der Waals surface area contributed by atoms with Gasteiger partial charge in [0.1, 0.15) is 17.4 Å². The van der Waals surface area contributed by atoms with E-state index in [4.69, 9.17) is 9.47 Å². The number of methoxy groups -OCH3 is 1. The van der Waals surface area contributed by atoms with E-state index in [1.165, 1.54) is 18.4 Å². The summed E-state index contributed by atoms with van der Waals surface area (Å²) in [5.41, 5.74) is 2.81. The summed E-state index contributed by atoms with van der Waals surface area (Å²) >= 11 is 0. The van der Waals surface area contributed by atoms with Gasteiger partial charge in [-0.05, 0) is 60.9 Å². The summed E-state index contributed by atoms with van der Waals surface area (Å²) in [4.78, 5) is 28.6. The Labute approximate surface area is 225 Å². The number of ether oxygens (including phenoxy) is 2. The second-order valence-corrected chi connectivity index (χ2v) is 11.0. The molecule has 1 aliphatic carbocycles. The standard InChI is InChI=1S/C30H40N4O4/c1-21-5-3-4-6-26(21)30(38-17-23-7-8-23)18-34(19-30)29(36)27(15-22-9-12-25(37-2)13-10-22)33-28(35)14-11-24-16-31-20-32-24/h3-6,9-10,12-13,23-24,27,31-32H,7-8,11,14-20H2,1-2H3,(H,33,35)/t24?,27-/m1/s1. The Morgan fingerprint density at radius 2 is 1.89 bits per heavy atom. The largest absolute Gasteiger partial charge is 0.497 e. The number of likely N-dealkylation sites (tertiary alicyclic amines) is 1. The molecule has 2 saturated heterocycles.